The normalized spacial score (nSPS) is 9.90. The van der Waals surface area contributed by atoms with Crippen LogP contribution in [0.3, 0.4) is 0 Å². The summed E-state index contributed by atoms with van der Waals surface area (Å²) in [5.74, 6) is 0.236. The summed E-state index contributed by atoms with van der Waals surface area (Å²) in [4.78, 5) is 23.7. The van der Waals surface area contributed by atoms with Crippen LogP contribution in [0.15, 0.2) is 47.8 Å². The van der Waals surface area contributed by atoms with Crippen LogP contribution in [-0.4, -0.2) is 18.4 Å². The average molecular weight is 304 g/mol. The van der Waals surface area contributed by atoms with E-state index in [2.05, 4.69) is 10.9 Å². The van der Waals surface area contributed by atoms with Gasteiger partial charge in [-0.3, -0.25) is 20.4 Å². The molecule has 2 amide bonds. The molecule has 0 aliphatic rings. The van der Waals surface area contributed by atoms with Crippen LogP contribution in [0.1, 0.15) is 22.5 Å². The molecule has 1 aromatic carbocycles. The monoisotopic (exact) mass is 304 g/mol. The van der Waals surface area contributed by atoms with Crippen LogP contribution in [0.2, 0.25) is 0 Å². The van der Waals surface area contributed by atoms with E-state index in [1.165, 1.54) is 11.3 Å². The molecule has 2 aromatic rings. The van der Waals surface area contributed by atoms with E-state index < -0.39 is 0 Å². The first-order chi connectivity index (χ1) is 10.3. The molecule has 2 rings (SSSR count). The molecule has 6 heteroatoms. The third kappa shape index (κ3) is 5.27. The lowest BCUT2D eigenvalue weighted by molar-refractivity contribution is -0.122. The van der Waals surface area contributed by atoms with Crippen LogP contribution in [0.5, 0.6) is 5.75 Å². The molecule has 21 heavy (non-hydrogen) atoms. The number of amides is 2. The third-order valence-corrected chi connectivity index (χ3v) is 3.49. The van der Waals surface area contributed by atoms with Gasteiger partial charge in [-0.2, -0.15) is 0 Å². The minimum absolute atomic E-state index is 0.239. The molecule has 0 atom stereocenters. The van der Waals surface area contributed by atoms with Gasteiger partial charge in [0.15, 0.2) is 0 Å². The fraction of sp³-hybridized carbons (Fsp3) is 0.200. The average Bonchev–Trinajstić information content (AvgIpc) is 3.05. The molecule has 0 saturated carbocycles. The molecule has 0 unspecified atom stereocenters. The quantitative estimate of drug-likeness (QED) is 0.636. The number of hydrogen-bond donors (Lipinski definition) is 2. The lowest BCUT2D eigenvalue weighted by Gasteiger charge is -2.07. The van der Waals surface area contributed by atoms with Gasteiger partial charge in [-0.25, -0.2) is 0 Å². The minimum atomic E-state index is -0.307. The molecule has 110 valence electrons. The maximum Gasteiger partial charge on any atom is 0.279 e. The van der Waals surface area contributed by atoms with E-state index >= 15 is 0 Å². The number of nitrogens with one attached hydrogen (secondary N) is 2. The summed E-state index contributed by atoms with van der Waals surface area (Å²) in [6, 6.07) is 12.9. The zero-order valence-electron chi connectivity index (χ0n) is 11.4. The van der Waals surface area contributed by atoms with Gasteiger partial charge in [-0.1, -0.05) is 24.3 Å². The maximum absolute atomic E-state index is 11.6. The summed E-state index contributed by atoms with van der Waals surface area (Å²) in [5.41, 5.74) is 4.76. The van der Waals surface area contributed by atoms with Gasteiger partial charge in [-0.05, 0) is 30.0 Å². The molecule has 5 nitrogen and oxygen atoms in total. The molecule has 0 radical (unpaired) electrons. The number of thiophene rings is 1. The molecule has 0 bridgehead atoms. The Labute approximate surface area is 126 Å². The molecular formula is C15H16N2O3S. The standard InChI is InChI=1S/C15H16N2O3S/c18-14(16-17-15(19)13-8-5-11-21-13)9-4-10-20-12-6-2-1-3-7-12/h1-3,5-8,11H,4,9-10H2,(H,16,18)(H,17,19). The van der Waals surface area contributed by atoms with Crippen molar-refractivity contribution in [1.29, 1.82) is 0 Å². The molecule has 0 fully saturated rings. The second kappa shape index (κ2) is 8.06. The van der Waals surface area contributed by atoms with E-state index in [-0.39, 0.29) is 18.2 Å². The van der Waals surface area contributed by atoms with Crippen LogP contribution in [0, 0.1) is 0 Å². The number of ether oxygens (including phenoxy) is 1. The summed E-state index contributed by atoms with van der Waals surface area (Å²) in [6.07, 6.45) is 0.868. The highest BCUT2D eigenvalue weighted by Crippen LogP contribution is 2.09. The predicted molar refractivity (Wildman–Crippen MR) is 81.1 cm³/mol. The van der Waals surface area contributed by atoms with Crippen molar-refractivity contribution in [2.75, 3.05) is 6.61 Å². The number of hydrogen-bond acceptors (Lipinski definition) is 4. The van der Waals surface area contributed by atoms with Gasteiger partial charge in [0.25, 0.3) is 5.91 Å². The van der Waals surface area contributed by atoms with Crippen LogP contribution in [0.4, 0.5) is 0 Å². The van der Waals surface area contributed by atoms with Crippen LogP contribution in [0.25, 0.3) is 0 Å². The van der Waals surface area contributed by atoms with Crippen LogP contribution < -0.4 is 15.6 Å². The first-order valence-corrected chi connectivity index (χ1v) is 7.44. The molecule has 0 aliphatic heterocycles. The summed E-state index contributed by atoms with van der Waals surface area (Å²) in [5, 5.41) is 1.80. The van der Waals surface area contributed by atoms with Gasteiger partial charge in [0.1, 0.15) is 5.75 Å². The summed E-state index contributed by atoms with van der Waals surface area (Å²) in [7, 11) is 0. The van der Waals surface area contributed by atoms with E-state index in [0.717, 1.165) is 5.75 Å². The highest BCUT2D eigenvalue weighted by molar-refractivity contribution is 7.12. The number of para-hydroxylation sites is 1. The van der Waals surface area contributed by atoms with Crippen molar-refractivity contribution >= 4 is 23.2 Å². The summed E-state index contributed by atoms with van der Waals surface area (Å²) < 4.78 is 5.48. The lowest BCUT2D eigenvalue weighted by Crippen LogP contribution is -2.41. The topological polar surface area (TPSA) is 67.4 Å². The largest absolute Gasteiger partial charge is 0.494 e. The fourth-order valence-corrected chi connectivity index (χ4v) is 2.22. The SMILES string of the molecule is O=C(CCCOc1ccccc1)NNC(=O)c1cccs1. The first-order valence-electron chi connectivity index (χ1n) is 6.56. The van der Waals surface area contributed by atoms with Gasteiger partial charge in [0.2, 0.25) is 5.91 Å². The fourth-order valence-electron chi connectivity index (χ4n) is 1.60. The van der Waals surface area contributed by atoms with Crippen molar-refractivity contribution in [2.24, 2.45) is 0 Å². The number of rotatable bonds is 6. The molecule has 0 saturated heterocycles. The van der Waals surface area contributed by atoms with E-state index in [1.54, 1.807) is 17.5 Å². The molecular weight excluding hydrogens is 288 g/mol. The Kier molecular flexibility index (Phi) is 5.78. The van der Waals surface area contributed by atoms with Crippen molar-refractivity contribution in [3.63, 3.8) is 0 Å². The Bertz CT molecular complexity index is 570. The Hall–Kier alpha value is -2.34. The van der Waals surface area contributed by atoms with Gasteiger partial charge in [0, 0.05) is 6.42 Å². The summed E-state index contributed by atoms with van der Waals surface area (Å²) >= 11 is 1.32. The Morgan fingerprint density at radius 3 is 2.57 bits per heavy atom. The zero-order chi connectivity index (χ0) is 14.9. The van der Waals surface area contributed by atoms with E-state index in [4.69, 9.17) is 4.74 Å². The molecule has 0 spiro atoms. The van der Waals surface area contributed by atoms with Gasteiger partial charge >= 0.3 is 0 Å². The first kappa shape index (κ1) is 15.1. The summed E-state index contributed by atoms with van der Waals surface area (Å²) in [6.45, 7) is 0.455. The molecule has 1 aromatic heterocycles. The number of carbonyl (C=O) groups excluding carboxylic acids is 2. The van der Waals surface area contributed by atoms with Gasteiger partial charge in [0.05, 0.1) is 11.5 Å². The number of benzene rings is 1. The number of hydrazine groups is 1. The number of carbonyl (C=O) groups is 2. The third-order valence-electron chi connectivity index (χ3n) is 2.62. The van der Waals surface area contributed by atoms with Crippen molar-refractivity contribution in [3.8, 4) is 5.75 Å². The van der Waals surface area contributed by atoms with Gasteiger partial charge < -0.3 is 4.74 Å². The Balaban J connectivity index is 1.59. The van der Waals surface area contributed by atoms with Crippen LogP contribution in [-0.2, 0) is 4.79 Å². The second-order valence-corrected chi connectivity index (χ2v) is 5.19. The second-order valence-electron chi connectivity index (χ2n) is 4.24. The van der Waals surface area contributed by atoms with E-state index in [9.17, 15) is 9.59 Å². The minimum Gasteiger partial charge on any atom is -0.494 e. The maximum atomic E-state index is 11.6. The van der Waals surface area contributed by atoms with E-state index in [1.807, 2.05) is 30.3 Å². The highest BCUT2D eigenvalue weighted by atomic mass is 32.1. The highest BCUT2D eigenvalue weighted by Gasteiger charge is 2.07. The lowest BCUT2D eigenvalue weighted by atomic mass is 10.3. The van der Waals surface area contributed by atoms with Crippen molar-refractivity contribution in [2.45, 2.75) is 12.8 Å². The Morgan fingerprint density at radius 1 is 1.05 bits per heavy atom. The molecule has 1 heterocycles. The zero-order valence-corrected chi connectivity index (χ0v) is 12.2. The smallest absolute Gasteiger partial charge is 0.279 e. The van der Waals surface area contributed by atoms with Crippen molar-refractivity contribution < 1.29 is 14.3 Å². The van der Waals surface area contributed by atoms with E-state index in [0.29, 0.717) is 17.9 Å². The Morgan fingerprint density at radius 2 is 1.86 bits per heavy atom. The van der Waals surface area contributed by atoms with Crippen molar-refractivity contribution in [3.05, 3.63) is 52.7 Å². The molecule has 0 aliphatic carbocycles. The predicted octanol–water partition coefficient (Wildman–Crippen LogP) is 2.37. The van der Waals surface area contributed by atoms with Crippen LogP contribution >= 0.6 is 11.3 Å². The molecule has 2 N–H and O–H groups in total. The van der Waals surface area contributed by atoms with Gasteiger partial charge in [-0.15, -0.1) is 11.3 Å². The van der Waals surface area contributed by atoms with Crippen molar-refractivity contribution in [1.82, 2.24) is 10.9 Å².